The van der Waals surface area contributed by atoms with Crippen LogP contribution in [0.2, 0.25) is 0 Å². The second kappa shape index (κ2) is 8.90. The fourth-order valence-electron chi connectivity index (χ4n) is 3.19. The Kier molecular flexibility index (Phi) is 6.30. The van der Waals surface area contributed by atoms with E-state index in [9.17, 15) is 19.2 Å². The van der Waals surface area contributed by atoms with Gasteiger partial charge in [0.15, 0.2) is 0 Å². The molecule has 1 heterocycles. The second-order valence-electron chi connectivity index (χ2n) is 7.49. The average molecular weight is 407 g/mol. The van der Waals surface area contributed by atoms with E-state index in [1.165, 1.54) is 21.9 Å². The minimum absolute atomic E-state index is 0.00267. The number of anilines is 1. The van der Waals surface area contributed by atoms with Gasteiger partial charge in [0.2, 0.25) is 5.91 Å². The van der Waals surface area contributed by atoms with Crippen molar-refractivity contribution in [1.29, 1.82) is 0 Å². The molecule has 2 aromatic carbocycles. The van der Waals surface area contributed by atoms with Gasteiger partial charge in [-0.1, -0.05) is 25.5 Å². The molecule has 0 unspecified atom stereocenters. The Bertz CT molecular complexity index is 996. The lowest BCUT2D eigenvalue weighted by molar-refractivity contribution is -0.127. The highest BCUT2D eigenvalue weighted by atomic mass is 16.2. The number of benzene rings is 2. The fourth-order valence-corrected chi connectivity index (χ4v) is 3.19. The second-order valence-corrected chi connectivity index (χ2v) is 7.49. The van der Waals surface area contributed by atoms with Crippen LogP contribution in [0.5, 0.6) is 0 Å². The predicted molar refractivity (Wildman–Crippen MR) is 114 cm³/mol. The van der Waals surface area contributed by atoms with Crippen LogP contribution in [0.4, 0.5) is 5.69 Å². The first-order valence-electron chi connectivity index (χ1n) is 9.92. The number of hydrogen-bond acceptors (Lipinski definition) is 4. The van der Waals surface area contributed by atoms with Crippen LogP contribution in [0.1, 0.15) is 56.4 Å². The third-order valence-corrected chi connectivity index (χ3v) is 5.03. The van der Waals surface area contributed by atoms with E-state index in [1.807, 2.05) is 6.92 Å². The SMILES string of the molecule is CCCCN1C(=O)c2ccc(C(=O)Nc3ccc(CC(=O)N(C)C)cc3)cc2C1=O. The molecule has 0 atom stereocenters. The zero-order valence-corrected chi connectivity index (χ0v) is 17.4. The smallest absolute Gasteiger partial charge is 0.261 e. The molecule has 0 bridgehead atoms. The van der Waals surface area contributed by atoms with Crippen molar-refractivity contribution >= 4 is 29.3 Å². The van der Waals surface area contributed by atoms with Crippen LogP contribution in [0, 0.1) is 0 Å². The first-order valence-corrected chi connectivity index (χ1v) is 9.92. The number of carbonyl (C=O) groups excluding carboxylic acids is 4. The number of fused-ring (bicyclic) bond motifs is 1. The van der Waals surface area contributed by atoms with E-state index in [4.69, 9.17) is 0 Å². The van der Waals surface area contributed by atoms with Gasteiger partial charge in [-0.25, -0.2) is 0 Å². The molecular weight excluding hydrogens is 382 g/mol. The molecule has 0 aliphatic carbocycles. The Hall–Kier alpha value is -3.48. The van der Waals surface area contributed by atoms with Gasteiger partial charge in [-0.05, 0) is 42.3 Å². The molecule has 1 aliphatic heterocycles. The van der Waals surface area contributed by atoms with Crippen molar-refractivity contribution in [2.75, 3.05) is 26.0 Å². The Morgan fingerprint density at radius 2 is 1.63 bits per heavy atom. The number of carbonyl (C=O) groups is 4. The van der Waals surface area contributed by atoms with Gasteiger partial charge in [0.05, 0.1) is 17.5 Å². The summed E-state index contributed by atoms with van der Waals surface area (Å²) < 4.78 is 0. The molecule has 1 aliphatic rings. The summed E-state index contributed by atoms with van der Waals surface area (Å²) in [7, 11) is 3.41. The van der Waals surface area contributed by atoms with Gasteiger partial charge in [-0.15, -0.1) is 0 Å². The summed E-state index contributed by atoms with van der Waals surface area (Å²) in [6.45, 7) is 2.38. The highest BCUT2D eigenvalue weighted by molar-refractivity contribution is 6.22. The minimum atomic E-state index is -0.373. The molecule has 0 fully saturated rings. The summed E-state index contributed by atoms with van der Waals surface area (Å²) in [6.07, 6.45) is 1.91. The van der Waals surface area contributed by atoms with Crippen molar-refractivity contribution < 1.29 is 19.2 Å². The van der Waals surface area contributed by atoms with E-state index in [0.29, 0.717) is 23.4 Å². The first kappa shape index (κ1) is 21.2. The highest BCUT2D eigenvalue weighted by Gasteiger charge is 2.35. The fraction of sp³-hybridized carbons (Fsp3) is 0.304. The lowest BCUT2D eigenvalue weighted by atomic mass is 10.1. The largest absolute Gasteiger partial charge is 0.349 e. The van der Waals surface area contributed by atoms with E-state index in [1.54, 1.807) is 44.4 Å². The number of amides is 4. The van der Waals surface area contributed by atoms with E-state index in [2.05, 4.69) is 5.32 Å². The number of imide groups is 1. The molecule has 0 saturated heterocycles. The average Bonchev–Trinajstić information content (AvgIpc) is 2.97. The van der Waals surface area contributed by atoms with Crippen LogP contribution in [0.15, 0.2) is 42.5 Å². The van der Waals surface area contributed by atoms with Crippen LogP contribution in [-0.4, -0.2) is 54.1 Å². The Balaban J connectivity index is 1.70. The van der Waals surface area contributed by atoms with Crippen molar-refractivity contribution in [1.82, 2.24) is 9.80 Å². The molecule has 7 heteroatoms. The number of rotatable bonds is 7. The highest BCUT2D eigenvalue weighted by Crippen LogP contribution is 2.25. The van der Waals surface area contributed by atoms with Crippen LogP contribution in [-0.2, 0) is 11.2 Å². The summed E-state index contributed by atoms with van der Waals surface area (Å²) in [5, 5.41) is 2.78. The summed E-state index contributed by atoms with van der Waals surface area (Å²) in [5.74, 6) is -1.04. The van der Waals surface area contributed by atoms with Gasteiger partial charge in [-0.2, -0.15) is 0 Å². The monoisotopic (exact) mass is 407 g/mol. The standard InChI is InChI=1S/C23H25N3O4/c1-4-5-12-26-22(29)18-11-8-16(14-19(18)23(26)30)21(28)24-17-9-6-15(7-10-17)13-20(27)25(2)3/h6-11,14H,4-5,12-13H2,1-3H3,(H,24,28). The zero-order chi connectivity index (χ0) is 21.8. The number of likely N-dealkylation sites (N-methyl/N-ethyl adjacent to an activating group) is 1. The third-order valence-electron chi connectivity index (χ3n) is 5.03. The maximum atomic E-state index is 12.6. The number of hydrogen-bond donors (Lipinski definition) is 1. The summed E-state index contributed by atoms with van der Waals surface area (Å²) in [6, 6.07) is 11.6. The number of unbranched alkanes of at least 4 members (excludes halogenated alkanes) is 1. The van der Waals surface area contributed by atoms with Gasteiger partial charge in [-0.3, -0.25) is 24.1 Å². The van der Waals surface area contributed by atoms with Crippen molar-refractivity contribution in [3.63, 3.8) is 0 Å². The van der Waals surface area contributed by atoms with Gasteiger partial charge in [0.1, 0.15) is 0 Å². The van der Waals surface area contributed by atoms with Crippen molar-refractivity contribution in [2.24, 2.45) is 0 Å². The molecule has 0 saturated carbocycles. The third kappa shape index (κ3) is 4.40. The van der Waals surface area contributed by atoms with Crippen LogP contribution < -0.4 is 5.32 Å². The Labute approximate surface area is 175 Å². The maximum Gasteiger partial charge on any atom is 0.261 e. The molecular formula is C23H25N3O4. The Morgan fingerprint density at radius 1 is 0.967 bits per heavy atom. The lowest BCUT2D eigenvalue weighted by Crippen LogP contribution is -2.30. The van der Waals surface area contributed by atoms with Gasteiger partial charge >= 0.3 is 0 Å². The lowest BCUT2D eigenvalue weighted by Gasteiger charge is -2.12. The van der Waals surface area contributed by atoms with Crippen molar-refractivity contribution in [3.05, 3.63) is 64.7 Å². The van der Waals surface area contributed by atoms with E-state index in [-0.39, 0.29) is 35.6 Å². The number of nitrogens with zero attached hydrogens (tertiary/aromatic N) is 2. The molecule has 0 spiro atoms. The van der Waals surface area contributed by atoms with Crippen molar-refractivity contribution in [2.45, 2.75) is 26.2 Å². The molecule has 0 radical (unpaired) electrons. The van der Waals surface area contributed by atoms with E-state index >= 15 is 0 Å². The molecule has 0 aromatic heterocycles. The molecule has 3 rings (SSSR count). The predicted octanol–water partition coefficient (Wildman–Crippen LogP) is 2.97. The topological polar surface area (TPSA) is 86.8 Å². The molecule has 156 valence electrons. The van der Waals surface area contributed by atoms with Gasteiger partial charge < -0.3 is 10.2 Å². The van der Waals surface area contributed by atoms with E-state index in [0.717, 1.165) is 18.4 Å². The van der Waals surface area contributed by atoms with Crippen molar-refractivity contribution in [3.8, 4) is 0 Å². The van der Waals surface area contributed by atoms with Crippen LogP contribution in [0.3, 0.4) is 0 Å². The molecule has 7 nitrogen and oxygen atoms in total. The quantitative estimate of drug-likeness (QED) is 0.715. The molecule has 4 amide bonds. The zero-order valence-electron chi connectivity index (χ0n) is 17.4. The Morgan fingerprint density at radius 3 is 2.27 bits per heavy atom. The summed E-state index contributed by atoms with van der Waals surface area (Å²) in [5.41, 5.74) is 2.33. The summed E-state index contributed by atoms with van der Waals surface area (Å²) >= 11 is 0. The minimum Gasteiger partial charge on any atom is -0.349 e. The van der Waals surface area contributed by atoms with Gasteiger partial charge in [0.25, 0.3) is 17.7 Å². The maximum absolute atomic E-state index is 12.6. The summed E-state index contributed by atoms with van der Waals surface area (Å²) in [4.78, 5) is 52.2. The van der Waals surface area contributed by atoms with E-state index < -0.39 is 0 Å². The first-order chi connectivity index (χ1) is 14.3. The molecule has 2 aromatic rings. The van der Waals surface area contributed by atoms with Crippen LogP contribution in [0.25, 0.3) is 0 Å². The number of nitrogens with one attached hydrogen (secondary N) is 1. The van der Waals surface area contributed by atoms with Gasteiger partial charge in [0, 0.05) is 31.9 Å². The molecule has 1 N–H and O–H groups in total. The normalized spacial score (nSPS) is 12.7. The molecule has 30 heavy (non-hydrogen) atoms. The van der Waals surface area contributed by atoms with Crippen LogP contribution >= 0.6 is 0 Å².